The molecule has 3 aliphatic heterocycles. The monoisotopic (exact) mass is 363 g/mol. The molecule has 0 aliphatic carbocycles. The number of hydrogen-bond acceptors (Lipinski definition) is 4. The van der Waals surface area contributed by atoms with Crippen molar-refractivity contribution in [2.24, 2.45) is 16.9 Å². The van der Waals surface area contributed by atoms with Gasteiger partial charge in [-0.25, -0.2) is 8.78 Å². The lowest BCUT2D eigenvalue weighted by molar-refractivity contribution is -0.0580. The zero-order chi connectivity index (χ0) is 18.1. The van der Waals surface area contributed by atoms with E-state index < -0.39 is 11.6 Å². The maximum atomic E-state index is 14.0. The van der Waals surface area contributed by atoms with Crippen LogP contribution in [0.5, 0.6) is 0 Å². The van der Waals surface area contributed by atoms with Crippen LogP contribution in [0.2, 0.25) is 0 Å². The van der Waals surface area contributed by atoms with Crippen molar-refractivity contribution in [2.45, 2.75) is 44.9 Å². The second kappa shape index (κ2) is 7.61. The minimum atomic E-state index is -0.457. The van der Waals surface area contributed by atoms with Gasteiger partial charge in [0, 0.05) is 56.9 Å². The molecule has 0 amide bonds. The predicted molar refractivity (Wildman–Crippen MR) is 96.9 cm³/mol. The van der Waals surface area contributed by atoms with E-state index in [0.717, 1.165) is 45.5 Å². The van der Waals surface area contributed by atoms with Crippen LogP contribution in [0, 0.1) is 23.5 Å². The molecular weight excluding hydrogens is 336 g/mol. The summed E-state index contributed by atoms with van der Waals surface area (Å²) in [5, 5.41) is 6.70. The van der Waals surface area contributed by atoms with Gasteiger partial charge in [-0.3, -0.25) is 9.91 Å². The quantitative estimate of drug-likeness (QED) is 0.822. The molecule has 0 N–H and O–H groups in total. The maximum absolute atomic E-state index is 14.0. The van der Waals surface area contributed by atoms with Crippen LogP contribution < -0.4 is 0 Å². The Labute approximate surface area is 153 Å². The van der Waals surface area contributed by atoms with Crippen LogP contribution in [0.3, 0.4) is 0 Å². The first-order valence-corrected chi connectivity index (χ1v) is 9.67. The van der Waals surface area contributed by atoms with Gasteiger partial charge in [-0.15, -0.1) is 0 Å². The van der Waals surface area contributed by atoms with Crippen LogP contribution in [0.15, 0.2) is 23.3 Å². The second-order valence-corrected chi connectivity index (χ2v) is 7.87. The molecule has 2 fully saturated rings. The van der Waals surface area contributed by atoms with E-state index in [1.54, 1.807) is 0 Å². The lowest BCUT2D eigenvalue weighted by Crippen LogP contribution is -2.43. The van der Waals surface area contributed by atoms with Crippen molar-refractivity contribution in [1.82, 2.24) is 9.91 Å². The fourth-order valence-electron chi connectivity index (χ4n) is 4.68. The van der Waals surface area contributed by atoms with E-state index in [1.165, 1.54) is 18.2 Å². The van der Waals surface area contributed by atoms with Crippen molar-refractivity contribution in [1.29, 1.82) is 0 Å². The number of likely N-dealkylation sites (tertiary alicyclic amines) is 1. The average Bonchev–Trinajstić information content (AvgIpc) is 3.28. The van der Waals surface area contributed by atoms with Crippen molar-refractivity contribution in [3.8, 4) is 0 Å². The number of benzene rings is 1. The largest absolute Gasteiger partial charge is 0.378 e. The zero-order valence-corrected chi connectivity index (χ0v) is 15.3. The first kappa shape index (κ1) is 17.9. The standard InChI is InChI=1S/C20H27F2N3O/c1-14-11-24(13-17-18(21)4-2-5-19(17)22)12-16(14)20-10-15(6-9-26-20)25-8-3-7-23-25/h2,4-5,7,14-16,20H,3,6,8-13H2,1H3/t14-,15?,16-,20?/m1/s1. The molecule has 4 atom stereocenters. The SMILES string of the molecule is C[C@@H]1CN(Cc2c(F)cccc2F)C[C@H]1C1CC(N2CCC=N2)CCO1. The van der Waals surface area contributed by atoms with E-state index >= 15 is 0 Å². The highest BCUT2D eigenvalue weighted by Gasteiger charge is 2.40. The normalized spacial score (nSPS) is 32.5. The second-order valence-electron chi connectivity index (χ2n) is 7.87. The average molecular weight is 363 g/mol. The summed E-state index contributed by atoms with van der Waals surface area (Å²) in [6, 6.07) is 4.54. The Bertz CT molecular complexity index is 648. The molecule has 0 saturated carbocycles. The number of hydrazone groups is 1. The van der Waals surface area contributed by atoms with E-state index in [9.17, 15) is 8.78 Å². The number of hydrogen-bond donors (Lipinski definition) is 0. The number of halogens is 2. The van der Waals surface area contributed by atoms with Crippen LogP contribution in [-0.4, -0.2) is 54.5 Å². The van der Waals surface area contributed by atoms with Crippen molar-refractivity contribution in [3.63, 3.8) is 0 Å². The first-order chi connectivity index (χ1) is 12.6. The molecule has 142 valence electrons. The molecule has 3 aliphatic rings. The topological polar surface area (TPSA) is 28.1 Å². The van der Waals surface area contributed by atoms with Crippen molar-refractivity contribution >= 4 is 6.21 Å². The molecule has 0 radical (unpaired) electrons. The van der Waals surface area contributed by atoms with E-state index in [4.69, 9.17) is 4.74 Å². The molecular formula is C20H27F2N3O. The highest BCUT2D eigenvalue weighted by Crippen LogP contribution is 2.34. The first-order valence-electron chi connectivity index (χ1n) is 9.67. The molecule has 4 rings (SSSR count). The van der Waals surface area contributed by atoms with Crippen molar-refractivity contribution in [2.75, 3.05) is 26.2 Å². The van der Waals surface area contributed by atoms with Gasteiger partial charge in [0.15, 0.2) is 0 Å². The summed E-state index contributed by atoms with van der Waals surface area (Å²) < 4.78 is 34.0. The Kier molecular flexibility index (Phi) is 5.23. The smallest absolute Gasteiger partial charge is 0.130 e. The van der Waals surface area contributed by atoms with Gasteiger partial charge in [-0.1, -0.05) is 13.0 Å². The Morgan fingerprint density at radius 3 is 2.77 bits per heavy atom. The molecule has 2 saturated heterocycles. The molecule has 4 nitrogen and oxygen atoms in total. The Morgan fingerprint density at radius 1 is 1.23 bits per heavy atom. The summed E-state index contributed by atoms with van der Waals surface area (Å²) in [5.41, 5.74) is 0.175. The summed E-state index contributed by atoms with van der Waals surface area (Å²) in [7, 11) is 0. The Hall–Kier alpha value is -1.53. The van der Waals surface area contributed by atoms with E-state index in [0.29, 0.717) is 24.4 Å². The van der Waals surface area contributed by atoms with Crippen molar-refractivity contribution < 1.29 is 13.5 Å². The van der Waals surface area contributed by atoms with Gasteiger partial charge in [0.05, 0.1) is 12.1 Å². The third kappa shape index (κ3) is 3.62. The lowest BCUT2D eigenvalue weighted by Gasteiger charge is -2.37. The highest BCUT2D eigenvalue weighted by molar-refractivity contribution is 5.58. The molecule has 1 aromatic carbocycles. The molecule has 3 heterocycles. The van der Waals surface area contributed by atoms with Crippen LogP contribution in [0.1, 0.15) is 31.7 Å². The Balaban J connectivity index is 1.39. The summed E-state index contributed by atoms with van der Waals surface area (Å²) in [6.45, 7) is 6.01. The van der Waals surface area contributed by atoms with Gasteiger partial charge in [0.25, 0.3) is 0 Å². The van der Waals surface area contributed by atoms with Crippen molar-refractivity contribution in [3.05, 3.63) is 35.4 Å². The molecule has 6 heteroatoms. The lowest BCUT2D eigenvalue weighted by atomic mass is 9.86. The minimum Gasteiger partial charge on any atom is -0.378 e. The van der Waals surface area contributed by atoms with E-state index in [1.807, 2.05) is 6.21 Å². The fourth-order valence-corrected chi connectivity index (χ4v) is 4.68. The van der Waals surface area contributed by atoms with Crippen LogP contribution >= 0.6 is 0 Å². The molecule has 26 heavy (non-hydrogen) atoms. The van der Waals surface area contributed by atoms with Gasteiger partial charge in [-0.2, -0.15) is 5.10 Å². The van der Waals surface area contributed by atoms with Gasteiger partial charge >= 0.3 is 0 Å². The summed E-state index contributed by atoms with van der Waals surface area (Å²) >= 11 is 0. The van der Waals surface area contributed by atoms with Crippen LogP contribution in [0.4, 0.5) is 8.78 Å². The zero-order valence-electron chi connectivity index (χ0n) is 15.3. The third-order valence-corrected chi connectivity index (χ3v) is 6.09. The maximum Gasteiger partial charge on any atom is 0.130 e. The molecule has 1 aromatic rings. The summed E-state index contributed by atoms with van der Waals surface area (Å²) in [5.74, 6) is -0.0566. The summed E-state index contributed by atoms with van der Waals surface area (Å²) in [4.78, 5) is 2.16. The highest BCUT2D eigenvalue weighted by atomic mass is 19.1. The van der Waals surface area contributed by atoms with Gasteiger partial charge in [0.1, 0.15) is 11.6 Å². The summed E-state index contributed by atoms with van der Waals surface area (Å²) in [6.07, 6.45) is 5.25. The van der Waals surface area contributed by atoms with Crippen LogP contribution in [0.25, 0.3) is 0 Å². The predicted octanol–water partition coefficient (Wildman–Crippen LogP) is 3.27. The van der Waals surface area contributed by atoms with Gasteiger partial charge in [0.2, 0.25) is 0 Å². The van der Waals surface area contributed by atoms with Gasteiger partial charge in [-0.05, 0) is 30.9 Å². The third-order valence-electron chi connectivity index (χ3n) is 6.09. The van der Waals surface area contributed by atoms with E-state index in [2.05, 4.69) is 21.9 Å². The number of nitrogens with zero attached hydrogens (tertiary/aromatic N) is 3. The molecule has 0 spiro atoms. The fraction of sp³-hybridized carbons (Fsp3) is 0.650. The molecule has 0 bridgehead atoms. The minimum absolute atomic E-state index is 0.175. The van der Waals surface area contributed by atoms with E-state index in [-0.39, 0.29) is 11.7 Å². The molecule has 2 unspecified atom stereocenters. The van der Waals surface area contributed by atoms with Gasteiger partial charge < -0.3 is 4.74 Å². The molecule has 0 aromatic heterocycles. The number of ether oxygens (including phenoxy) is 1. The number of rotatable bonds is 4. The Morgan fingerprint density at radius 2 is 2.04 bits per heavy atom. The van der Waals surface area contributed by atoms with Crippen LogP contribution in [-0.2, 0) is 11.3 Å².